The lowest BCUT2D eigenvalue weighted by atomic mass is 10.1. The molecule has 2 aromatic carbocycles. The standard InChI is InChI=1S/C14H11Cl2NOS/c1-8-2-4-10(14(17)19)12(6-8)18-13-7-9(15)3-5-11(13)16/h2-7H,1H3,(H2,17,19). The van der Waals surface area contributed by atoms with Gasteiger partial charge in [-0.3, -0.25) is 0 Å². The Morgan fingerprint density at radius 1 is 1.11 bits per heavy atom. The summed E-state index contributed by atoms with van der Waals surface area (Å²) in [5.74, 6) is 1.04. The Hall–Kier alpha value is -1.29. The van der Waals surface area contributed by atoms with E-state index in [1.807, 2.05) is 25.1 Å². The highest BCUT2D eigenvalue weighted by molar-refractivity contribution is 7.80. The maximum atomic E-state index is 6.07. The molecule has 19 heavy (non-hydrogen) atoms. The maximum absolute atomic E-state index is 6.07. The highest BCUT2D eigenvalue weighted by Gasteiger charge is 2.10. The molecule has 2 rings (SSSR count). The zero-order valence-electron chi connectivity index (χ0n) is 10.1. The summed E-state index contributed by atoms with van der Waals surface area (Å²) >= 11 is 17.0. The Labute approximate surface area is 127 Å². The van der Waals surface area contributed by atoms with Crippen LogP contribution in [0, 0.1) is 6.92 Å². The van der Waals surface area contributed by atoms with Crippen LogP contribution >= 0.6 is 35.4 Å². The predicted molar refractivity (Wildman–Crippen MR) is 83.6 cm³/mol. The second-order valence-electron chi connectivity index (χ2n) is 4.04. The molecule has 2 N–H and O–H groups in total. The number of rotatable bonds is 3. The monoisotopic (exact) mass is 311 g/mol. The van der Waals surface area contributed by atoms with Crippen LogP contribution in [0.3, 0.4) is 0 Å². The van der Waals surface area contributed by atoms with Gasteiger partial charge >= 0.3 is 0 Å². The Bertz CT molecular complexity index is 643. The first-order valence-electron chi connectivity index (χ1n) is 5.51. The molecule has 5 heteroatoms. The van der Waals surface area contributed by atoms with Crippen molar-refractivity contribution >= 4 is 40.4 Å². The van der Waals surface area contributed by atoms with Crippen molar-refractivity contribution in [1.82, 2.24) is 0 Å². The van der Waals surface area contributed by atoms with E-state index in [4.69, 9.17) is 45.9 Å². The Morgan fingerprint density at radius 2 is 1.84 bits per heavy atom. The average Bonchev–Trinajstić information content (AvgIpc) is 2.33. The van der Waals surface area contributed by atoms with Crippen LogP contribution in [0.5, 0.6) is 11.5 Å². The van der Waals surface area contributed by atoms with Gasteiger partial charge in [0.15, 0.2) is 0 Å². The molecule has 0 fully saturated rings. The van der Waals surface area contributed by atoms with E-state index in [1.165, 1.54) is 0 Å². The molecule has 0 saturated heterocycles. The summed E-state index contributed by atoms with van der Waals surface area (Å²) in [5, 5.41) is 1.02. The molecule has 0 atom stereocenters. The van der Waals surface area contributed by atoms with Crippen molar-refractivity contribution in [3.05, 3.63) is 57.6 Å². The van der Waals surface area contributed by atoms with E-state index < -0.39 is 0 Å². The Kier molecular flexibility index (Phi) is 4.30. The lowest BCUT2D eigenvalue weighted by molar-refractivity contribution is 0.481. The average molecular weight is 312 g/mol. The fourth-order valence-corrected chi connectivity index (χ4v) is 2.08. The molecule has 98 valence electrons. The molecule has 0 saturated carbocycles. The molecule has 0 heterocycles. The molecule has 0 amide bonds. The number of benzene rings is 2. The van der Waals surface area contributed by atoms with Gasteiger partial charge in [-0.25, -0.2) is 0 Å². The van der Waals surface area contributed by atoms with Crippen LogP contribution in [0.25, 0.3) is 0 Å². The topological polar surface area (TPSA) is 35.2 Å². The second kappa shape index (κ2) is 5.78. The first kappa shape index (κ1) is 14.1. The molecule has 0 radical (unpaired) electrons. The van der Waals surface area contributed by atoms with Crippen LogP contribution in [0.4, 0.5) is 0 Å². The van der Waals surface area contributed by atoms with Crippen molar-refractivity contribution in [2.24, 2.45) is 5.73 Å². The number of hydrogen-bond donors (Lipinski definition) is 1. The van der Waals surface area contributed by atoms with Crippen LogP contribution in [0.15, 0.2) is 36.4 Å². The summed E-state index contributed by atoms with van der Waals surface area (Å²) in [6.45, 7) is 1.95. The lowest BCUT2D eigenvalue weighted by Gasteiger charge is -2.12. The summed E-state index contributed by atoms with van der Waals surface area (Å²) in [7, 11) is 0. The number of aryl methyl sites for hydroxylation is 1. The number of halogens is 2. The van der Waals surface area contributed by atoms with Gasteiger partial charge < -0.3 is 10.5 Å². The summed E-state index contributed by atoms with van der Waals surface area (Å²) in [6.07, 6.45) is 0. The zero-order valence-corrected chi connectivity index (χ0v) is 12.4. The van der Waals surface area contributed by atoms with E-state index in [1.54, 1.807) is 18.2 Å². The smallest absolute Gasteiger partial charge is 0.147 e. The third kappa shape index (κ3) is 3.38. The first-order chi connectivity index (χ1) is 8.97. The third-order valence-corrected chi connectivity index (χ3v) is 3.28. The molecule has 0 aliphatic heterocycles. The van der Waals surface area contributed by atoms with Crippen LogP contribution in [0.2, 0.25) is 10.0 Å². The van der Waals surface area contributed by atoms with Gasteiger partial charge in [0.1, 0.15) is 16.5 Å². The fourth-order valence-electron chi connectivity index (χ4n) is 1.59. The highest BCUT2D eigenvalue weighted by atomic mass is 35.5. The molecule has 0 aliphatic rings. The summed E-state index contributed by atoms with van der Waals surface area (Å²) in [4.78, 5) is 0.271. The van der Waals surface area contributed by atoms with E-state index >= 15 is 0 Å². The number of thiocarbonyl (C=S) groups is 1. The van der Waals surface area contributed by atoms with Gasteiger partial charge in [-0.05, 0) is 36.8 Å². The van der Waals surface area contributed by atoms with Crippen molar-refractivity contribution in [1.29, 1.82) is 0 Å². The second-order valence-corrected chi connectivity index (χ2v) is 5.32. The molecule has 0 unspecified atom stereocenters. The minimum atomic E-state index is 0.271. The van der Waals surface area contributed by atoms with E-state index in [0.29, 0.717) is 27.1 Å². The van der Waals surface area contributed by atoms with Crippen LogP contribution in [0.1, 0.15) is 11.1 Å². The van der Waals surface area contributed by atoms with E-state index in [0.717, 1.165) is 5.56 Å². The van der Waals surface area contributed by atoms with Crippen molar-refractivity contribution in [2.75, 3.05) is 0 Å². The van der Waals surface area contributed by atoms with Gasteiger partial charge in [0.25, 0.3) is 0 Å². The van der Waals surface area contributed by atoms with E-state index in [-0.39, 0.29) is 4.99 Å². The molecule has 2 nitrogen and oxygen atoms in total. The Morgan fingerprint density at radius 3 is 2.53 bits per heavy atom. The van der Waals surface area contributed by atoms with Gasteiger partial charge in [0.05, 0.1) is 10.6 Å². The molecule has 0 spiro atoms. The first-order valence-corrected chi connectivity index (χ1v) is 6.67. The van der Waals surface area contributed by atoms with Crippen LogP contribution in [-0.4, -0.2) is 4.99 Å². The van der Waals surface area contributed by atoms with Crippen molar-refractivity contribution in [3.8, 4) is 11.5 Å². The molecular weight excluding hydrogens is 301 g/mol. The van der Waals surface area contributed by atoms with Gasteiger partial charge in [-0.1, -0.05) is 41.5 Å². The predicted octanol–water partition coefficient (Wildman–Crippen LogP) is 4.73. The van der Waals surface area contributed by atoms with E-state index in [9.17, 15) is 0 Å². The van der Waals surface area contributed by atoms with Crippen molar-refractivity contribution < 1.29 is 4.74 Å². The zero-order chi connectivity index (χ0) is 14.0. The third-order valence-electron chi connectivity index (χ3n) is 2.52. The van der Waals surface area contributed by atoms with Gasteiger partial charge in [0, 0.05) is 11.1 Å². The molecule has 0 aliphatic carbocycles. The Balaban J connectivity index is 2.45. The largest absolute Gasteiger partial charge is 0.455 e. The van der Waals surface area contributed by atoms with Crippen LogP contribution < -0.4 is 10.5 Å². The van der Waals surface area contributed by atoms with E-state index in [2.05, 4.69) is 0 Å². The quantitative estimate of drug-likeness (QED) is 0.832. The molecule has 0 aromatic heterocycles. The highest BCUT2D eigenvalue weighted by Crippen LogP contribution is 2.33. The molecule has 2 aromatic rings. The minimum Gasteiger partial charge on any atom is -0.455 e. The number of hydrogen-bond acceptors (Lipinski definition) is 2. The SMILES string of the molecule is Cc1ccc(C(N)=S)c(Oc2cc(Cl)ccc2Cl)c1. The number of ether oxygens (including phenoxy) is 1. The summed E-state index contributed by atoms with van der Waals surface area (Å²) in [6, 6.07) is 10.6. The summed E-state index contributed by atoms with van der Waals surface area (Å²) in [5.41, 5.74) is 7.38. The fraction of sp³-hybridized carbons (Fsp3) is 0.0714. The van der Waals surface area contributed by atoms with Gasteiger partial charge in [-0.2, -0.15) is 0 Å². The lowest BCUT2D eigenvalue weighted by Crippen LogP contribution is -2.10. The van der Waals surface area contributed by atoms with Crippen LogP contribution in [-0.2, 0) is 0 Å². The minimum absolute atomic E-state index is 0.271. The normalized spacial score (nSPS) is 10.3. The maximum Gasteiger partial charge on any atom is 0.147 e. The van der Waals surface area contributed by atoms with Crippen molar-refractivity contribution in [3.63, 3.8) is 0 Å². The number of nitrogens with two attached hydrogens (primary N) is 1. The molecule has 0 bridgehead atoms. The van der Waals surface area contributed by atoms with Gasteiger partial charge in [-0.15, -0.1) is 0 Å². The van der Waals surface area contributed by atoms with Gasteiger partial charge in [0.2, 0.25) is 0 Å². The molecular formula is C14H11Cl2NOS. The summed E-state index contributed by atoms with van der Waals surface area (Å²) < 4.78 is 5.78. The van der Waals surface area contributed by atoms with Crippen molar-refractivity contribution in [2.45, 2.75) is 6.92 Å².